The highest BCUT2D eigenvalue weighted by atomic mass is 16.6. The zero-order chi connectivity index (χ0) is 14.0. The fraction of sp³-hybridized carbons (Fsp3) is 0.571. The van der Waals surface area contributed by atoms with Crippen molar-refractivity contribution in [3.63, 3.8) is 0 Å². The fourth-order valence-electron chi connectivity index (χ4n) is 2.56. The van der Waals surface area contributed by atoms with E-state index in [9.17, 15) is 15.3 Å². The number of fused-ring (bicyclic) bond motifs is 1. The minimum Gasteiger partial charge on any atom is -0.508 e. The van der Waals surface area contributed by atoms with Crippen LogP contribution in [-0.2, 0) is 5.72 Å². The van der Waals surface area contributed by atoms with Gasteiger partial charge in [-0.25, -0.2) is 0 Å². The summed E-state index contributed by atoms with van der Waals surface area (Å²) in [5.74, 6) is 0.452. The van der Waals surface area contributed by atoms with Crippen molar-refractivity contribution >= 4 is 0 Å². The van der Waals surface area contributed by atoms with E-state index in [0.29, 0.717) is 24.4 Å². The molecule has 2 rings (SSSR count). The van der Waals surface area contributed by atoms with Crippen molar-refractivity contribution in [2.24, 2.45) is 0 Å². The van der Waals surface area contributed by atoms with Gasteiger partial charge in [-0.05, 0) is 31.0 Å². The minimum atomic E-state index is -1.60. The van der Waals surface area contributed by atoms with Crippen molar-refractivity contribution < 1.29 is 20.1 Å². The molecular weight excluding hydrogens is 246 g/mol. The van der Waals surface area contributed by atoms with Gasteiger partial charge >= 0.3 is 0 Å². The Hall–Kier alpha value is -1.30. The molecule has 0 saturated heterocycles. The first-order chi connectivity index (χ1) is 9.03. The zero-order valence-corrected chi connectivity index (χ0v) is 11.3. The van der Waals surface area contributed by atoms with Gasteiger partial charge in [0.05, 0.1) is 5.56 Å². The number of aliphatic hydroxyl groups excluding tert-OH is 1. The Morgan fingerprint density at radius 1 is 1.26 bits per heavy atom. The predicted molar refractivity (Wildman–Crippen MR) is 70.8 cm³/mol. The summed E-state index contributed by atoms with van der Waals surface area (Å²) in [4.78, 5) is 1.79. The van der Waals surface area contributed by atoms with E-state index >= 15 is 0 Å². The molecular formula is C14H21NO4. The molecule has 1 heterocycles. The van der Waals surface area contributed by atoms with E-state index in [1.54, 1.807) is 11.0 Å². The van der Waals surface area contributed by atoms with Gasteiger partial charge in [0.25, 0.3) is 0 Å². The molecule has 5 nitrogen and oxygen atoms in total. The third kappa shape index (κ3) is 2.29. The van der Waals surface area contributed by atoms with E-state index in [1.807, 2.05) is 13.8 Å². The Morgan fingerprint density at radius 3 is 2.47 bits per heavy atom. The standard InChI is InChI=1S/C14H21NO4/c1-3-7-15(8-4-2)14(18)11-9-10(16)5-6-12(11)19-13(14)17/h5-6,9,13,16-18H,3-4,7-8H2,1-2H3. The summed E-state index contributed by atoms with van der Waals surface area (Å²) >= 11 is 0. The molecule has 2 atom stereocenters. The van der Waals surface area contributed by atoms with Crippen molar-refractivity contribution in [1.82, 2.24) is 4.90 Å². The topological polar surface area (TPSA) is 73.2 Å². The molecule has 1 aromatic carbocycles. The summed E-state index contributed by atoms with van der Waals surface area (Å²) in [6.45, 7) is 5.30. The first-order valence-electron chi connectivity index (χ1n) is 6.69. The molecule has 19 heavy (non-hydrogen) atoms. The van der Waals surface area contributed by atoms with Crippen molar-refractivity contribution in [3.05, 3.63) is 23.8 Å². The van der Waals surface area contributed by atoms with Crippen LogP contribution in [-0.4, -0.2) is 39.6 Å². The lowest BCUT2D eigenvalue weighted by Crippen LogP contribution is -2.53. The van der Waals surface area contributed by atoms with Crippen molar-refractivity contribution in [2.45, 2.75) is 38.7 Å². The molecule has 0 aromatic heterocycles. The molecule has 1 aliphatic rings. The number of rotatable bonds is 5. The summed E-state index contributed by atoms with van der Waals surface area (Å²) < 4.78 is 5.30. The van der Waals surface area contributed by atoms with Gasteiger partial charge in [-0.15, -0.1) is 0 Å². The van der Waals surface area contributed by atoms with Gasteiger partial charge in [0, 0.05) is 13.1 Å². The van der Waals surface area contributed by atoms with Crippen LogP contribution in [0, 0.1) is 0 Å². The van der Waals surface area contributed by atoms with Gasteiger partial charge < -0.3 is 20.1 Å². The zero-order valence-electron chi connectivity index (χ0n) is 11.3. The van der Waals surface area contributed by atoms with E-state index in [0.717, 1.165) is 12.8 Å². The Kier molecular flexibility index (Phi) is 3.99. The molecule has 0 fully saturated rings. The lowest BCUT2D eigenvalue weighted by molar-refractivity contribution is -0.230. The molecule has 0 spiro atoms. The fourth-order valence-corrected chi connectivity index (χ4v) is 2.56. The first kappa shape index (κ1) is 14.1. The smallest absolute Gasteiger partial charge is 0.245 e. The number of hydrogen-bond acceptors (Lipinski definition) is 5. The maximum atomic E-state index is 10.9. The molecule has 0 saturated carbocycles. The number of aliphatic hydroxyl groups is 2. The van der Waals surface area contributed by atoms with Crippen LogP contribution in [0.5, 0.6) is 11.5 Å². The van der Waals surface area contributed by atoms with Crippen LogP contribution in [0.3, 0.4) is 0 Å². The first-order valence-corrected chi connectivity index (χ1v) is 6.69. The van der Waals surface area contributed by atoms with Gasteiger partial charge in [-0.3, -0.25) is 4.90 Å². The Labute approximate surface area is 113 Å². The van der Waals surface area contributed by atoms with Crippen LogP contribution < -0.4 is 4.74 Å². The summed E-state index contributed by atoms with van der Waals surface area (Å²) in [6, 6.07) is 4.48. The third-order valence-corrected chi connectivity index (χ3v) is 3.41. The van der Waals surface area contributed by atoms with Crippen LogP contribution in [0.4, 0.5) is 0 Å². The van der Waals surface area contributed by atoms with Crippen LogP contribution in [0.1, 0.15) is 32.3 Å². The van der Waals surface area contributed by atoms with Crippen molar-refractivity contribution in [3.8, 4) is 11.5 Å². The Bertz CT molecular complexity index is 445. The van der Waals surface area contributed by atoms with E-state index in [1.165, 1.54) is 12.1 Å². The second-order valence-corrected chi connectivity index (χ2v) is 4.86. The second-order valence-electron chi connectivity index (χ2n) is 4.86. The highest BCUT2D eigenvalue weighted by Crippen LogP contribution is 2.44. The van der Waals surface area contributed by atoms with Gasteiger partial charge in [0.15, 0.2) is 0 Å². The average molecular weight is 267 g/mol. The van der Waals surface area contributed by atoms with Crippen LogP contribution >= 0.6 is 0 Å². The molecule has 0 bridgehead atoms. The number of hydrogen-bond donors (Lipinski definition) is 3. The van der Waals surface area contributed by atoms with Gasteiger partial charge in [-0.2, -0.15) is 0 Å². The number of nitrogens with zero attached hydrogens (tertiary/aromatic N) is 1. The third-order valence-electron chi connectivity index (χ3n) is 3.41. The van der Waals surface area contributed by atoms with E-state index in [4.69, 9.17) is 4.74 Å². The molecule has 0 radical (unpaired) electrons. The molecule has 1 aliphatic heterocycles. The minimum absolute atomic E-state index is 0.0443. The number of phenols is 1. The van der Waals surface area contributed by atoms with Gasteiger partial charge in [0.2, 0.25) is 12.0 Å². The molecule has 5 heteroatoms. The molecule has 0 amide bonds. The number of aromatic hydroxyl groups is 1. The van der Waals surface area contributed by atoms with Crippen molar-refractivity contribution in [2.75, 3.05) is 13.1 Å². The van der Waals surface area contributed by atoms with E-state index < -0.39 is 12.0 Å². The SMILES string of the molecule is CCCN(CCC)C1(O)c2cc(O)ccc2OC1O. The van der Waals surface area contributed by atoms with Crippen molar-refractivity contribution in [1.29, 1.82) is 0 Å². The Morgan fingerprint density at radius 2 is 1.89 bits per heavy atom. The number of ether oxygens (including phenoxy) is 1. The number of benzene rings is 1. The van der Waals surface area contributed by atoms with Crippen LogP contribution in [0.25, 0.3) is 0 Å². The monoisotopic (exact) mass is 267 g/mol. The van der Waals surface area contributed by atoms with Crippen LogP contribution in [0.15, 0.2) is 18.2 Å². The lowest BCUT2D eigenvalue weighted by Gasteiger charge is -2.37. The maximum absolute atomic E-state index is 10.9. The summed E-state index contributed by atoms with van der Waals surface area (Å²) in [6.07, 6.45) is 0.356. The highest BCUT2D eigenvalue weighted by molar-refractivity contribution is 5.46. The predicted octanol–water partition coefficient (Wildman–Crippen LogP) is 1.37. The number of phenolic OH excluding ortho intramolecular Hbond substituents is 1. The van der Waals surface area contributed by atoms with E-state index in [2.05, 4.69) is 0 Å². The quantitative estimate of drug-likeness (QED) is 0.703. The normalized spacial score (nSPS) is 25.4. The lowest BCUT2D eigenvalue weighted by atomic mass is 10.0. The highest BCUT2D eigenvalue weighted by Gasteiger charge is 2.51. The molecule has 2 unspecified atom stereocenters. The summed E-state index contributed by atoms with van der Waals surface area (Å²) in [5, 5.41) is 30.6. The van der Waals surface area contributed by atoms with Gasteiger partial charge in [-0.1, -0.05) is 13.8 Å². The molecule has 1 aromatic rings. The van der Waals surface area contributed by atoms with Gasteiger partial charge in [0.1, 0.15) is 11.5 Å². The molecule has 106 valence electrons. The average Bonchev–Trinajstić information content (AvgIpc) is 2.63. The maximum Gasteiger partial charge on any atom is 0.245 e. The molecule has 3 N–H and O–H groups in total. The Balaban J connectivity index is 2.43. The van der Waals surface area contributed by atoms with E-state index in [-0.39, 0.29) is 5.75 Å². The summed E-state index contributed by atoms with van der Waals surface area (Å²) in [5.41, 5.74) is -1.18. The summed E-state index contributed by atoms with van der Waals surface area (Å²) in [7, 11) is 0. The largest absolute Gasteiger partial charge is 0.508 e. The second kappa shape index (κ2) is 5.36. The molecule has 0 aliphatic carbocycles. The van der Waals surface area contributed by atoms with Crippen LogP contribution in [0.2, 0.25) is 0 Å².